The van der Waals surface area contributed by atoms with E-state index < -0.39 is 10.0 Å². The van der Waals surface area contributed by atoms with Gasteiger partial charge in [0.15, 0.2) is 0 Å². The Hall–Kier alpha value is -1.13. The topological polar surface area (TPSA) is 81.4 Å². The van der Waals surface area contributed by atoms with Crippen molar-refractivity contribution in [1.82, 2.24) is 4.31 Å². The van der Waals surface area contributed by atoms with Crippen LogP contribution in [0.1, 0.15) is 24.8 Å². The molecule has 1 aliphatic heterocycles. The van der Waals surface area contributed by atoms with Crippen LogP contribution in [-0.4, -0.2) is 37.5 Å². The standard InChI is InChI=1S/C14H17ClN2O3S/c15-13-8-12(9-16)3-4-14(13)21(19,20)17-6-1-2-11(10-17)5-7-18/h3-4,8,11,18H,1-2,5-7,10H2. The Morgan fingerprint density at radius 3 is 2.86 bits per heavy atom. The minimum Gasteiger partial charge on any atom is -0.396 e. The normalized spacial score (nSPS) is 20.1. The van der Waals surface area contributed by atoms with Gasteiger partial charge in [-0.3, -0.25) is 0 Å². The first kappa shape index (κ1) is 16.2. The van der Waals surface area contributed by atoms with E-state index in [1.165, 1.54) is 22.5 Å². The predicted molar refractivity (Wildman–Crippen MR) is 79.4 cm³/mol. The van der Waals surface area contributed by atoms with Gasteiger partial charge in [0.25, 0.3) is 0 Å². The predicted octanol–water partition coefficient (Wildman–Crippen LogP) is 1.99. The minimum absolute atomic E-state index is 0.0350. The number of halogens is 1. The highest BCUT2D eigenvalue weighted by molar-refractivity contribution is 7.89. The summed E-state index contributed by atoms with van der Waals surface area (Å²) in [6.45, 7) is 0.927. The molecule has 114 valence electrons. The second-order valence-electron chi connectivity index (χ2n) is 5.14. The molecule has 1 aromatic rings. The van der Waals surface area contributed by atoms with E-state index in [0.717, 1.165) is 12.8 Å². The van der Waals surface area contributed by atoms with Gasteiger partial charge in [-0.25, -0.2) is 8.42 Å². The van der Waals surface area contributed by atoms with Crippen LogP contribution in [0.3, 0.4) is 0 Å². The summed E-state index contributed by atoms with van der Waals surface area (Å²) < 4.78 is 26.7. The Labute approximate surface area is 129 Å². The summed E-state index contributed by atoms with van der Waals surface area (Å²) in [5.74, 6) is 0.177. The van der Waals surface area contributed by atoms with E-state index in [4.69, 9.17) is 22.0 Å². The van der Waals surface area contributed by atoms with Gasteiger partial charge >= 0.3 is 0 Å². The molecule has 0 spiro atoms. The van der Waals surface area contributed by atoms with Crippen LogP contribution in [0.2, 0.25) is 5.02 Å². The molecule has 5 nitrogen and oxygen atoms in total. The third-order valence-corrected chi connectivity index (χ3v) is 6.05. The molecule has 7 heteroatoms. The van der Waals surface area contributed by atoms with Crippen molar-refractivity contribution in [3.63, 3.8) is 0 Å². The lowest BCUT2D eigenvalue weighted by molar-refractivity contribution is 0.203. The molecule has 0 bridgehead atoms. The van der Waals surface area contributed by atoms with Gasteiger partial charge in [0.05, 0.1) is 16.7 Å². The van der Waals surface area contributed by atoms with Crippen molar-refractivity contribution in [1.29, 1.82) is 5.26 Å². The van der Waals surface area contributed by atoms with E-state index in [-0.39, 0.29) is 22.4 Å². The van der Waals surface area contributed by atoms with Crippen LogP contribution in [0.5, 0.6) is 0 Å². The molecule has 0 radical (unpaired) electrons. The Morgan fingerprint density at radius 1 is 1.48 bits per heavy atom. The quantitative estimate of drug-likeness (QED) is 0.916. The maximum atomic E-state index is 12.7. The molecule has 1 saturated heterocycles. The first-order valence-electron chi connectivity index (χ1n) is 6.79. The number of piperidine rings is 1. The SMILES string of the molecule is N#Cc1ccc(S(=O)(=O)N2CCCC(CCO)C2)c(Cl)c1. The lowest BCUT2D eigenvalue weighted by Gasteiger charge is -2.31. The van der Waals surface area contributed by atoms with Crippen molar-refractivity contribution < 1.29 is 13.5 Å². The number of aliphatic hydroxyl groups excluding tert-OH is 1. The van der Waals surface area contributed by atoms with E-state index >= 15 is 0 Å². The van der Waals surface area contributed by atoms with Crippen LogP contribution in [0.4, 0.5) is 0 Å². The summed E-state index contributed by atoms with van der Waals surface area (Å²) in [7, 11) is -3.66. The highest BCUT2D eigenvalue weighted by Crippen LogP contribution is 2.29. The zero-order chi connectivity index (χ0) is 15.5. The molecule has 1 N–H and O–H groups in total. The molecule has 21 heavy (non-hydrogen) atoms. The van der Waals surface area contributed by atoms with Crippen LogP contribution < -0.4 is 0 Å². The Morgan fingerprint density at radius 2 is 2.24 bits per heavy atom. The summed E-state index contributed by atoms with van der Waals surface area (Å²) in [5.41, 5.74) is 0.329. The molecule has 0 aromatic heterocycles. The Bertz CT molecular complexity index is 653. The Kier molecular flexibility index (Phi) is 5.22. The van der Waals surface area contributed by atoms with Crippen molar-refractivity contribution in [3.8, 4) is 6.07 Å². The van der Waals surface area contributed by atoms with Gasteiger partial charge in [-0.2, -0.15) is 9.57 Å². The molecular formula is C14H17ClN2O3S. The van der Waals surface area contributed by atoms with Gasteiger partial charge in [-0.15, -0.1) is 0 Å². The molecule has 1 fully saturated rings. The molecule has 1 aliphatic rings. The molecule has 1 unspecified atom stereocenters. The highest BCUT2D eigenvalue weighted by Gasteiger charge is 2.31. The molecule has 2 rings (SSSR count). The lowest BCUT2D eigenvalue weighted by Crippen LogP contribution is -2.40. The van der Waals surface area contributed by atoms with E-state index in [2.05, 4.69) is 0 Å². The lowest BCUT2D eigenvalue weighted by atomic mass is 9.97. The average Bonchev–Trinajstić information content (AvgIpc) is 2.47. The van der Waals surface area contributed by atoms with Crippen molar-refractivity contribution >= 4 is 21.6 Å². The fraction of sp³-hybridized carbons (Fsp3) is 0.500. The van der Waals surface area contributed by atoms with E-state index in [0.29, 0.717) is 25.1 Å². The maximum Gasteiger partial charge on any atom is 0.244 e. The first-order chi connectivity index (χ1) is 9.98. The molecule has 0 amide bonds. The fourth-order valence-corrected chi connectivity index (χ4v) is 4.66. The summed E-state index contributed by atoms with van der Waals surface area (Å²) in [4.78, 5) is 0.0350. The number of hydrogen-bond donors (Lipinski definition) is 1. The number of nitriles is 1. The van der Waals surface area contributed by atoms with Crippen LogP contribution >= 0.6 is 11.6 Å². The molecule has 1 aromatic carbocycles. The van der Waals surface area contributed by atoms with Crippen LogP contribution in [-0.2, 0) is 10.0 Å². The second kappa shape index (κ2) is 6.75. The second-order valence-corrected chi connectivity index (χ2v) is 7.45. The van der Waals surface area contributed by atoms with Crippen LogP contribution in [0, 0.1) is 17.2 Å². The van der Waals surface area contributed by atoms with Gasteiger partial charge in [0.2, 0.25) is 10.0 Å². The van der Waals surface area contributed by atoms with Gasteiger partial charge in [0.1, 0.15) is 4.90 Å². The third-order valence-electron chi connectivity index (χ3n) is 3.70. The summed E-state index contributed by atoms with van der Waals surface area (Å²) in [6.07, 6.45) is 2.30. The van der Waals surface area contributed by atoms with Gasteiger partial charge in [0, 0.05) is 19.7 Å². The van der Waals surface area contributed by atoms with Gasteiger partial charge in [-0.05, 0) is 43.4 Å². The summed E-state index contributed by atoms with van der Waals surface area (Å²) >= 11 is 6.01. The van der Waals surface area contributed by atoms with Crippen molar-refractivity contribution in [2.45, 2.75) is 24.2 Å². The van der Waals surface area contributed by atoms with Crippen molar-refractivity contribution in [2.24, 2.45) is 5.92 Å². The number of rotatable bonds is 4. The molecule has 0 aliphatic carbocycles. The van der Waals surface area contributed by atoms with E-state index in [1.54, 1.807) is 0 Å². The number of aliphatic hydroxyl groups is 1. The maximum absolute atomic E-state index is 12.7. The minimum atomic E-state index is -3.66. The average molecular weight is 329 g/mol. The Balaban J connectivity index is 2.27. The van der Waals surface area contributed by atoms with Gasteiger partial charge < -0.3 is 5.11 Å². The molecule has 1 atom stereocenters. The smallest absolute Gasteiger partial charge is 0.244 e. The number of sulfonamides is 1. The zero-order valence-electron chi connectivity index (χ0n) is 11.5. The highest BCUT2D eigenvalue weighted by atomic mass is 35.5. The first-order valence-corrected chi connectivity index (χ1v) is 8.61. The van der Waals surface area contributed by atoms with Gasteiger partial charge in [-0.1, -0.05) is 11.6 Å². The third kappa shape index (κ3) is 3.55. The fourth-order valence-electron chi connectivity index (χ4n) is 2.58. The van der Waals surface area contributed by atoms with E-state index in [1.807, 2.05) is 6.07 Å². The number of benzene rings is 1. The zero-order valence-corrected chi connectivity index (χ0v) is 13.1. The molecular weight excluding hydrogens is 312 g/mol. The molecule has 0 saturated carbocycles. The number of hydrogen-bond acceptors (Lipinski definition) is 4. The monoisotopic (exact) mass is 328 g/mol. The van der Waals surface area contributed by atoms with Crippen LogP contribution in [0.15, 0.2) is 23.1 Å². The molecule has 1 heterocycles. The van der Waals surface area contributed by atoms with Crippen molar-refractivity contribution in [3.05, 3.63) is 28.8 Å². The summed E-state index contributed by atoms with van der Waals surface area (Å²) in [5, 5.41) is 17.9. The van der Waals surface area contributed by atoms with E-state index in [9.17, 15) is 8.42 Å². The summed E-state index contributed by atoms with van der Waals surface area (Å²) in [6, 6.07) is 6.13. The number of nitrogens with zero attached hydrogens (tertiary/aromatic N) is 2. The van der Waals surface area contributed by atoms with Crippen LogP contribution in [0.25, 0.3) is 0 Å². The van der Waals surface area contributed by atoms with Crippen molar-refractivity contribution in [2.75, 3.05) is 19.7 Å². The largest absolute Gasteiger partial charge is 0.396 e.